The molecule has 0 aliphatic carbocycles. The summed E-state index contributed by atoms with van der Waals surface area (Å²) in [5, 5.41) is 2.91. The molecule has 1 aliphatic heterocycles. The van der Waals surface area contributed by atoms with E-state index in [4.69, 9.17) is 0 Å². The summed E-state index contributed by atoms with van der Waals surface area (Å²) in [6.07, 6.45) is 0.999. The average Bonchev–Trinajstić information content (AvgIpc) is 2.83. The lowest BCUT2D eigenvalue weighted by molar-refractivity contribution is 0.447. The maximum Gasteiger partial charge on any atom is 0.194 e. The first-order valence-corrected chi connectivity index (χ1v) is 6.76. The minimum Gasteiger partial charge on any atom is -0.381 e. The zero-order valence-corrected chi connectivity index (χ0v) is 11.6. The fourth-order valence-corrected chi connectivity index (χ4v) is 2.59. The highest BCUT2D eigenvalue weighted by atomic mass is 19.2. The zero-order chi connectivity index (χ0) is 15.0. The monoisotopic (exact) mass is 292 g/mol. The Morgan fingerprint density at radius 3 is 2.52 bits per heavy atom. The summed E-state index contributed by atoms with van der Waals surface area (Å²) in [5.74, 6) is -3.82. The third-order valence-corrected chi connectivity index (χ3v) is 3.75. The predicted octanol–water partition coefficient (Wildman–Crippen LogP) is 3.71. The molecule has 0 radical (unpaired) electrons. The van der Waals surface area contributed by atoms with Crippen LogP contribution in [0.3, 0.4) is 0 Å². The number of hydrogen-bond donors (Lipinski definition) is 1. The van der Waals surface area contributed by atoms with Gasteiger partial charge in [-0.3, -0.25) is 0 Å². The van der Waals surface area contributed by atoms with Crippen LogP contribution in [0.4, 0.5) is 24.5 Å². The molecule has 0 bridgehead atoms. The van der Waals surface area contributed by atoms with Crippen molar-refractivity contribution in [3.8, 4) is 0 Å². The number of benzene rings is 2. The molecular weight excluding hydrogens is 277 g/mol. The lowest BCUT2D eigenvalue weighted by Gasteiger charge is -2.13. The summed E-state index contributed by atoms with van der Waals surface area (Å²) >= 11 is 0. The van der Waals surface area contributed by atoms with Crippen molar-refractivity contribution in [1.82, 2.24) is 0 Å². The molecule has 5 heteroatoms. The van der Waals surface area contributed by atoms with Crippen molar-refractivity contribution in [3.63, 3.8) is 0 Å². The van der Waals surface area contributed by atoms with E-state index in [9.17, 15) is 13.2 Å². The molecule has 1 heterocycles. The van der Waals surface area contributed by atoms with E-state index in [1.54, 1.807) is 0 Å². The second-order valence-corrected chi connectivity index (χ2v) is 5.24. The fraction of sp³-hybridized carbons (Fsp3) is 0.250. The van der Waals surface area contributed by atoms with Gasteiger partial charge < -0.3 is 10.2 Å². The molecule has 1 N–H and O–H groups in total. The number of nitrogens with zero attached hydrogens (tertiary/aromatic N) is 1. The van der Waals surface area contributed by atoms with Gasteiger partial charge in [-0.05, 0) is 23.6 Å². The molecule has 110 valence electrons. The highest BCUT2D eigenvalue weighted by Gasteiger charge is 2.15. The van der Waals surface area contributed by atoms with Gasteiger partial charge in [-0.1, -0.05) is 12.1 Å². The normalized spacial score (nSPS) is 13.4. The van der Waals surface area contributed by atoms with Gasteiger partial charge in [0.1, 0.15) is 0 Å². The van der Waals surface area contributed by atoms with Gasteiger partial charge in [-0.2, -0.15) is 0 Å². The van der Waals surface area contributed by atoms with Gasteiger partial charge in [0.05, 0.1) is 0 Å². The van der Waals surface area contributed by atoms with E-state index in [0.29, 0.717) is 6.54 Å². The van der Waals surface area contributed by atoms with Gasteiger partial charge in [0.15, 0.2) is 17.5 Å². The third kappa shape index (κ3) is 2.68. The molecule has 2 aromatic carbocycles. The maximum absolute atomic E-state index is 13.1. The van der Waals surface area contributed by atoms with Gasteiger partial charge >= 0.3 is 0 Å². The first kappa shape index (κ1) is 13.8. The summed E-state index contributed by atoms with van der Waals surface area (Å²) in [6.45, 7) is 1.43. The van der Waals surface area contributed by atoms with Crippen LogP contribution in [0.5, 0.6) is 0 Å². The standard InChI is InChI=1S/C16H15F3N2/c1-21-5-4-11-6-10(2-3-15(11)21)9-20-12-7-13(17)16(19)14(18)8-12/h2-3,6-8,20H,4-5,9H2,1H3. The zero-order valence-electron chi connectivity index (χ0n) is 11.6. The molecule has 2 nitrogen and oxygen atoms in total. The van der Waals surface area contributed by atoms with E-state index < -0.39 is 17.5 Å². The number of hydrogen-bond acceptors (Lipinski definition) is 2. The van der Waals surface area contributed by atoms with Crippen LogP contribution in [0.1, 0.15) is 11.1 Å². The van der Waals surface area contributed by atoms with Crippen molar-refractivity contribution in [2.45, 2.75) is 13.0 Å². The second-order valence-electron chi connectivity index (χ2n) is 5.24. The number of fused-ring (bicyclic) bond motifs is 1. The molecule has 2 aromatic rings. The van der Waals surface area contributed by atoms with Gasteiger partial charge in [0, 0.05) is 43.6 Å². The Balaban J connectivity index is 1.74. The van der Waals surface area contributed by atoms with E-state index in [0.717, 1.165) is 30.7 Å². The number of halogens is 3. The van der Waals surface area contributed by atoms with Crippen molar-refractivity contribution in [2.75, 3.05) is 23.8 Å². The molecular formula is C16H15F3N2. The topological polar surface area (TPSA) is 15.3 Å². The third-order valence-electron chi connectivity index (χ3n) is 3.75. The van der Waals surface area contributed by atoms with Crippen molar-refractivity contribution in [3.05, 3.63) is 58.9 Å². The van der Waals surface area contributed by atoms with Gasteiger partial charge in [0.25, 0.3) is 0 Å². The first-order chi connectivity index (χ1) is 10.0. The van der Waals surface area contributed by atoms with Crippen LogP contribution in [0.15, 0.2) is 30.3 Å². The highest BCUT2D eigenvalue weighted by molar-refractivity contribution is 5.58. The largest absolute Gasteiger partial charge is 0.381 e. The number of rotatable bonds is 3. The van der Waals surface area contributed by atoms with E-state index >= 15 is 0 Å². The van der Waals surface area contributed by atoms with Gasteiger partial charge in [-0.15, -0.1) is 0 Å². The lowest BCUT2D eigenvalue weighted by Crippen LogP contribution is -2.12. The van der Waals surface area contributed by atoms with E-state index in [1.807, 2.05) is 19.2 Å². The van der Waals surface area contributed by atoms with Crippen LogP contribution in [0.2, 0.25) is 0 Å². The van der Waals surface area contributed by atoms with Crippen molar-refractivity contribution < 1.29 is 13.2 Å². The molecule has 0 amide bonds. The molecule has 1 aliphatic rings. The van der Waals surface area contributed by atoms with Crippen LogP contribution in [0, 0.1) is 17.5 Å². The van der Waals surface area contributed by atoms with E-state index in [1.165, 1.54) is 11.3 Å². The van der Waals surface area contributed by atoms with Gasteiger partial charge in [0.2, 0.25) is 0 Å². The summed E-state index contributed by atoms with van der Waals surface area (Å²) < 4.78 is 39.1. The van der Waals surface area contributed by atoms with Crippen LogP contribution in [-0.4, -0.2) is 13.6 Å². The van der Waals surface area contributed by atoms with E-state index in [2.05, 4.69) is 16.3 Å². The quantitative estimate of drug-likeness (QED) is 0.868. The Morgan fingerprint density at radius 1 is 1.10 bits per heavy atom. The number of anilines is 2. The molecule has 0 saturated carbocycles. The Morgan fingerprint density at radius 2 is 1.81 bits per heavy atom. The average molecular weight is 292 g/mol. The Hall–Kier alpha value is -2.17. The molecule has 3 rings (SSSR count). The molecule has 0 saturated heterocycles. The van der Waals surface area contributed by atoms with E-state index in [-0.39, 0.29) is 5.69 Å². The Labute approximate surface area is 121 Å². The Bertz CT molecular complexity index is 662. The number of nitrogens with one attached hydrogen (secondary N) is 1. The first-order valence-electron chi connectivity index (χ1n) is 6.76. The fourth-order valence-electron chi connectivity index (χ4n) is 2.59. The molecule has 0 atom stereocenters. The minimum absolute atomic E-state index is 0.226. The van der Waals surface area contributed by atoms with Crippen molar-refractivity contribution in [1.29, 1.82) is 0 Å². The van der Waals surface area contributed by atoms with Crippen LogP contribution in [-0.2, 0) is 13.0 Å². The SMILES string of the molecule is CN1CCc2cc(CNc3cc(F)c(F)c(F)c3)ccc21. The molecule has 0 spiro atoms. The summed E-state index contributed by atoms with van der Waals surface area (Å²) in [5.41, 5.74) is 3.74. The molecule has 21 heavy (non-hydrogen) atoms. The smallest absolute Gasteiger partial charge is 0.194 e. The summed E-state index contributed by atoms with van der Waals surface area (Å²) in [6, 6.07) is 8.02. The molecule has 0 aromatic heterocycles. The second kappa shape index (κ2) is 5.31. The Kier molecular flexibility index (Phi) is 3.49. The number of likely N-dealkylation sites (N-methyl/N-ethyl adjacent to an activating group) is 1. The van der Waals surface area contributed by atoms with Gasteiger partial charge in [-0.25, -0.2) is 13.2 Å². The highest BCUT2D eigenvalue weighted by Crippen LogP contribution is 2.27. The van der Waals surface area contributed by atoms with Crippen molar-refractivity contribution in [2.24, 2.45) is 0 Å². The van der Waals surface area contributed by atoms with Crippen LogP contribution >= 0.6 is 0 Å². The minimum atomic E-state index is -1.44. The molecule has 0 unspecified atom stereocenters. The predicted molar refractivity (Wildman–Crippen MR) is 77.1 cm³/mol. The van der Waals surface area contributed by atoms with Crippen molar-refractivity contribution >= 4 is 11.4 Å². The van der Waals surface area contributed by atoms with Crippen LogP contribution < -0.4 is 10.2 Å². The maximum atomic E-state index is 13.1. The molecule has 0 fully saturated rings. The lowest BCUT2D eigenvalue weighted by atomic mass is 10.1. The van der Waals surface area contributed by atoms with Crippen LogP contribution in [0.25, 0.3) is 0 Å². The summed E-state index contributed by atoms with van der Waals surface area (Å²) in [7, 11) is 2.05. The summed E-state index contributed by atoms with van der Waals surface area (Å²) in [4.78, 5) is 2.19.